The molecule has 3 rings (SSSR count). The fourth-order valence-electron chi connectivity index (χ4n) is 1.68. The second-order valence-corrected chi connectivity index (χ2v) is 6.16. The van der Waals surface area contributed by atoms with Gasteiger partial charge in [0, 0.05) is 12.1 Å². The molecule has 0 saturated carbocycles. The maximum atomic E-state index is 6.08. The molecule has 1 aliphatic rings. The Labute approximate surface area is 144 Å². The Balaban J connectivity index is 2.22. The summed E-state index contributed by atoms with van der Waals surface area (Å²) in [6.07, 6.45) is 0. The van der Waals surface area contributed by atoms with Gasteiger partial charge in [-0.25, -0.2) is 0 Å². The van der Waals surface area contributed by atoms with Gasteiger partial charge in [0.25, 0.3) is 0 Å². The van der Waals surface area contributed by atoms with E-state index in [4.69, 9.17) is 79.1 Å². The third-order valence-electron chi connectivity index (χ3n) is 2.59. The van der Waals surface area contributed by atoms with E-state index >= 15 is 0 Å². The Bertz CT molecular complexity index is 682. The Morgan fingerprint density at radius 3 is 1.35 bits per heavy atom. The number of benzene rings is 2. The van der Waals surface area contributed by atoms with E-state index < -0.39 is 0 Å². The average molecular weight is 391 g/mol. The summed E-state index contributed by atoms with van der Waals surface area (Å²) in [6.45, 7) is 0. The lowest BCUT2D eigenvalue weighted by molar-refractivity contribution is 0.360. The molecule has 104 valence electrons. The summed E-state index contributed by atoms with van der Waals surface area (Å²) in [5.41, 5.74) is 0. The Kier molecular flexibility index (Phi) is 3.83. The summed E-state index contributed by atoms with van der Waals surface area (Å²) in [6, 6.07) is 2.98. The molecular formula is C12H2Cl6O2. The number of halogens is 6. The van der Waals surface area contributed by atoms with Crippen molar-refractivity contribution in [3.8, 4) is 23.0 Å². The summed E-state index contributed by atoms with van der Waals surface area (Å²) < 4.78 is 11.3. The van der Waals surface area contributed by atoms with Gasteiger partial charge in [-0.05, 0) is 0 Å². The summed E-state index contributed by atoms with van der Waals surface area (Å²) in [7, 11) is 0. The Morgan fingerprint density at radius 2 is 0.950 bits per heavy atom. The van der Waals surface area contributed by atoms with E-state index in [0.717, 1.165) is 0 Å². The van der Waals surface area contributed by atoms with Crippen LogP contribution in [0.5, 0.6) is 23.0 Å². The van der Waals surface area contributed by atoms with Crippen molar-refractivity contribution >= 4 is 69.6 Å². The minimum absolute atomic E-state index is 0.127. The van der Waals surface area contributed by atoms with E-state index in [1.807, 2.05) is 0 Å². The average Bonchev–Trinajstić information content (AvgIpc) is 2.41. The second kappa shape index (κ2) is 5.20. The SMILES string of the molecule is Clc1cc2c(c(Cl)c1Cl)Oc1c(cc(Cl)c(Cl)c1Cl)O2. The van der Waals surface area contributed by atoms with Crippen molar-refractivity contribution < 1.29 is 9.47 Å². The molecule has 0 bridgehead atoms. The van der Waals surface area contributed by atoms with Crippen LogP contribution in [0.4, 0.5) is 0 Å². The molecule has 20 heavy (non-hydrogen) atoms. The third kappa shape index (κ3) is 2.19. The van der Waals surface area contributed by atoms with Gasteiger partial charge >= 0.3 is 0 Å². The fourth-order valence-corrected chi connectivity index (χ4v) is 2.91. The van der Waals surface area contributed by atoms with Gasteiger partial charge in [0.1, 0.15) is 10.0 Å². The van der Waals surface area contributed by atoms with Crippen LogP contribution >= 0.6 is 69.6 Å². The molecule has 0 unspecified atom stereocenters. The number of fused-ring (bicyclic) bond motifs is 2. The normalized spacial score (nSPS) is 12.3. The number of hydrogen-bond donors (Lipinski definition) is 0. The summed E-state index contributed by atoms with van der Waals surface area (Å²) in [4.78, 5) is 0. The molecule has 0 amide bonds. The van der Waals surface area contributed by atoms with Crippen molar-refractivity contribution in [2.75, 3.05) is 0 Å². The molecule has 0 spiro atoms. The summed E-state index contributed by atoms with van der Waals surface area (Å²) >= 11 is 36.0. The van der Waals surface area contributed by atoms with E-state index in [1.54, 1.807) is 0 Å². The van der Waals surface area contributed by atoms with Crippen molar-refractivity contribution in [1.29, 1.82) is 0 Å². The molecule has 0 saturated heterocycles. The molecular weight excluding hydrogens is 389 g/mol. The molecule has 0 fully saturated rings. The van der Waals surface area contributed by atoms with Crippen LogP contribution in [-0.4, -0.2) is 0 Å². The lowest BCUT2D eigenvalue weighted by Gasteiger charge is -2.23. The molecule has 2 aromatic carbocycles. The van der Waals surface area contributed by atoms with E-state index in [1.165, 1.54) is 12.1 Å². The zero-order valence-electron chi connectivity index (χ0n) is 9.24. The van der Waals surface area contributed by atoms with Crippen LogP contribution in [0.25, 0.3) is 0 Å². The third-order valence-corrected chi connectivity index (χ3v) is 5.08. The van der Waals surface area contributed by atoms with Gasteiger partial charge in [-0.1, -0.05) is 69.6 Å². The van der Waals surface area contributed by atoms with Crippen molar-refractivity contribution in [3.05, 3.63) is 42.3 Å². The fraction of sp³-hybridized carbons (Fsp3) is 0. The maximum absolute atomic E-state index is 6.08. The molecule has 0 aromatic heterocycles. The standard InChI is InChI=1S/C12H2Cl6O2/c13-3-1-5-11(9(17)7(3)15)20-12-6(19-5)2-4(14)8(16)10(12)18/h1-2H. The molecule has 0 aliphatic carbocycles. The quantitative estimate of drug-likeness (QED) is 0.370. The van der Waals surface area contributed by atoms with E-state index in [9.17, 15) is 0 Å². The second-order valence-electron chi connectivity index (χ2n) is 3.83. The molecule has 8 heteroatoms. The van der Waals surface area contributed by atoms with Gasteiger partial charge in [-0.3, -0.25) is 0 Å². The lowest BCUT2D eigenvalue weighted by Crippen LogP contribution is -2.01. The monoisotopic (exact) mass is 388 g/mol. The van der Waals surface area contributed by atoms with Crippen molar-refractivity contribution in [1.82, 2.24) is 0 Å². The van der Waals surface area contributed by atoms with Crippen LogP contribution in [0.1, 0.15) is 0 Å². The summed E-state index contributed by atoms with van der Waals surface area (Å²) in [5, 5.41) is 1.07. The predicted octanol–water partition coefficient (Wildman–Crippen LogP) is 7.50. The van der Waals surface area contributed by atoms with Gasteiger partial charge in [-0.2, -0.15) is 0 Å². The number of ether oxygens (including phenoxy) is 2. The molecule has 2 aromatic rings. The first-order valence-electron chi connectivity index (χ1n) is 5.11. The first kappa shape index (κ1) is 14.7. The van der Waals surface area contributed by atoms with Gasteiger partial charge in [0.15, 0.2) is 23.0 Å². The molecule has 1 aliphatic heterocycles. The van der Waals surface area contributed by atoms with Gasteiger partial charge in [0.2, 0.25) is 0 Å². The number of rotatable bonds is 0. The van der Waals surface area contributed by atoms with Crippen molar-refractivity contribution in [2.45, 2.75) is 0 Å². The van der Waals surface area contributed by atoms with E-state index in [0.29, 0.717) is 11.5 Å². The maximum Gasteiger partial charge on any atom is 0.190 e. The topological polar surface area (TPSA) is 18.5 Å². The van der Waals surface area contributed by atoms with Gasteiger partial charge < -0.3 is 9.47 Å². The molecule has 0 atom stereocenters. The minimum Gasteiger partial charge on any atom is -0.449 e. The largest absolute Gasteiger partial charge is 0.449 e. The molecule has 0 radical (unpaired) electrons. The van der Waals surface area contributed by atoms with Crippen LogP contribution in [0.15, 0.2) is 12.1 Å². The van der Waals surface area contributed by atoms with Gasteiger partial charge in [0.05, 0.1) is 20.1 Å². The highest BCUT2D eigenvalue weighted by Gasteiger charge is 2.28. The predicted molar refractivity (Wildman–Crippen MR) is 83.1 cm³/mol. The smallest absolute Gasteiger partial charge is 0.190 e. The van der Waals surface area contributed by atoms with Crippen molar-refractivity contribution in [2.24, 2.45) is 0 Å². The molecule has 0 N–H and O–H groups in total. The first-order valence-corrected chi connectivity index (χ1v) is 7.37. The lowest BCUT2D eigenvalue weighted by atomic mass is 10.2. The molecule has 2 nitrogen and oxygen atoms in total. The highest BCUT2D eigenvalue weighted by atomic mass is 35.5. The number of hydrogen-bond acceptors (Lipinski definition) is 2. The Hall–Kier alpha value is -0.220. The van der Waals surface area contributed by atoms with E-state index in [-0.39, 0.29) is 41.6 Å². The zero-order valence-corrected chi connectivity index (χ0v) is 13.8. The zero-order chi connectivity index (χ0) is 14.6. The van der Waals surface area contributed by atoms with Crippen molar-refractivity contribution in [3.63, 3.8) is 0 Å². The minimum atomic E-state index is 0.127. The highest BCUT2D eigenvalue weighted by molar-refractivity contribution is 6.50. The van der Waals surface area contributed by atoms with Crippen LogP contribution in [0.2, 0.25) is 30.1 Å². The van der Waals surface area contributed by atoms with Crippen LogP contribution in [-0.2, 0) is 0 Å². The Morgan fingerprint density at radius 1 is 0.550 bits per heavy atom. The van der Waals surface area contributed by atoms with Crippen LogP contribution in [0.3, 0.4) is 0 Å². The van der Waals surface area contributed by atoms with Crippen LogP contribution < -0.4 is 9.47 Å². The van der Waals surface area contributed by atoms with Gasteiger partial charge in [-0.15, -0.1) is 0 Å². The first-order chi connectivity index (χ1) is 9.40. The molecule has 1 heterocycles. The van der Waals surface area contributed by atoms with E-state index in [2.05, 4.69) is 0 Å². The summed E-state index contributed by atoms with van der Waals surface area (Å²) in [5.74, 6) is 1.06. The highest BCUT2D eigenvalue weighted by Crippen LogP contribution is 2.56. The van der Waals surface area contributed by atoms with Crippen LogP contribution in [0, 0.1) is 0 Å².